The molecule has 0 N–H and O–H groups in total. The number of benzene rings is 1. The molecule has 1 aromatic carbocycles. The molecule has 2 aliphatic rings. The van der Waals surface area contributed by atoms with Crippen LogP contribution in [0.15, 0.2) is 23.2 Å². The highest BCUT2D eigenvalue weighted by atomic mass is 32.2. The molecule has 0 saturated carbocycles. The number of amides is 1. The summed E-state index contributed by atoms with van der Waals surface area (Å²) < 4.78 is 5.38. The first-order valence-corrected chi connectivity index (χ1v) is 9.24. The molecule has 0 spiro atoms. The second-order valence-electron chi connectivity index (χ2n) is 6.44. The summed E-state index contributed by atoms with van der Waals surface area (Å²) in [7, 11) is 0. The van der Waals surface area contributed by atoms with E-state index in [0.717, 1.165) is 35.0 Å². The van der Waals surface area contributed by atoms with Crippen LogP contribution in [0.2, 0.25) is 0 Å². The molecule has 124 valence electrons. The molecule has 0 aliphatic carbocycles. The average Bonchev–Trinajstić information content (AvgIpc) is 2.91. The van der Waals surface area contributed by atoms with Crippen LogP contribution in [0.5, 0.6) is 0 Å². The van der Waals surface area contributed by atoms with E-state index in [-0.39, 0.29) is 17.9 Å². The summed E-state index contributed by atoms with van der Waals surface area (Å²) in [5.41, 5.74) is 3.34. The lowest BCUT2D eigenvalue weighted by Crippen LogP contribution is -2.43. The van der Waals surface area contributed by atoms with Crippen molar-refractivity contribution in [2.75, 3.05) is 19.0 Å². The Bertz CT molecular complexity index is 623. The highest BCUT2D eigenvalue weighted by Crippen LogP contribution is 2.31. The Balaban J connectivity index is 1.85. The number of aliphatic imine (C=N–C) groups is 1. The van der Waals surface area contributed by atoms with Crippen LogP contribution in [0.1, 0.15) is 30.9 Å². The summed E-state index contributed by atoms with van der Waals surface area (Å²) in [5, 5.41) is 0.848. The van der Waals surface area contributed by atoms with Crippen molar-refractivity contribution in [2.45, 2.75) is 39.7 Å². The standard InChI is InChI=1S/C18H24N2O2S/c1-12-4-5-16(13(2)10-12)19-18-20(14(3)11-23-18)17(21)15-6-8-22-9-7-15/h4-5,10,14-15H,6-9,11H2,1-3H3. The van der Waals surface area contributed by atoms with Crippen LogP contribution >= 0.6 is 11.8 Å². The number of thioether (sulfide) groups is 1. The molecule has 2 aliphatic heterocycles. The van der Waals surface area contributed by atoms with Gasteiger partial charge in [-0.2, -0.15) is 0 Å². The van der Waals surface area contributed by atoms with E-state index >= 15 is 0 Å². The summed E-state index contributed by atoms with van der Waals surface area (Å²) in [6, 6.07) is 6.45. The van der Waals surface area contributed by atoms with E-state index in [1.807, 2.05) is 11.0 Å². The minimum atomic E-state index is 0.0780. The van der Waals surface area contributed by atoms with Crippen molar-refractivity contribution in [2.24, 2.45) is 10.9 Å². The maximum atomic E-state index is 12.9. The van der Waals surface area contributed by atoms with E-state index in [9.17, 15) is 4.79 Å². The number of carbonyl (C=O) groups is 1. The van der Waals surface area contributed by atoms with Gasteiger partial charge in [0.15, 0.2) is 5.17 Å². The summed E-state index contributed by atoms with van der Waals surface area (Å²) in [6.45, 7) is 7.64. The van der Waals surface area contributed by atoms with Gasteiger partial charge in [-0.3, -0.25) is 9.69 Å². The fraction of sp³-hybridized carbons (Fsp3) is 0.556. The topological polar surface area (TPSA) is 41.9 Å². The van der Waals surface area contributed by atoms with Crippen LogP contribution in [-0.2, 0) is 9.53 Å². The number of rotatable bonds is 2. The number of amidine groups is 1. The van der Waals surface area contributed by atoms with E-state index in [2.05, 4.69) is 32.9 Å². The lowest BCUT2D eigenvalue weighted by Gasteiger charge is -2.28. The smallest absolute Gasteiger partial charge is 0.232 e. The van der Waals surface area contributed by atoms with Crippen LogP contribution in [0, 0.1) is 19.8 Å². The zero-order valence-electron chi connectivity index (χ0n) is 14.0. The minimum Gasteiger partial charge on any atom is -0.381 e. The Labute approximate surface area is 142 Å². The summed E-state index contributed by atoms with van der Waals surface area (Å²) in [4.78, 5) is 19.6. The molecule has 1 atom stereocenters. The maximum absolute atomic E-state index is 12.9. The Morgan fingerprint density at radius 3 is 2.74 bits per heavy atom. The van der Waals surface area contributed by atoms with Gasteiger partial charge in [0.25, 0.3) is 0 Å². The average molecular weight is 332 g/mol. The van der Waals surface area contributed by atoms with Crippen molar-refractivity contribution in [1.29, 1.82) is 0 Å². The third-order valence-electron chi connectivity index (χ3n) is 4.48. The zero-order valence-corrected chi connectivity index (χ0v) is 14.9. The molecule has 1 unspecified atom stereocenters. The molecule has 23 heavy (non-hydrogen) atoms. The second kappa shape index (κ2) is 7.05. The molecule has 5 heteroatoms. The molecule has 2 heterocycles. The second-order valence-corrected chi connectivity index (χ2v) is 7.43. The van der Waals surface area contributed by atoms with Gasteiger partial charge in [-0.1, -0.05) is 29.5 Å². The number of ether oxygens (including phenoxy) is 1. The number of nitrogens with zero attached hydrogens (tertiary/aromatic N) is 2. The van der Waals surface area contributed by atoms with E-state index in [1.165, 1.54) is 5.56 Å². The van der Waals surface area contributed by atoms with E-state index in [0.29, 0.717) is 13.2 Å². The largest absolute Gasteiger partial charge is 0.381 e. The number of hydrogen-bond donors (Lipinski definition) is 0. The molecule has 3 rings (SSSR count). The van der Waals surface area contributed by atoms with Crippen LogP contribution in [0.3, 0.4) is 0 Å². The van der Waals surface area contributed by atoms with Gasteiger partial charge in [0.1, 0.15) is 0 Å². The highest BCUT2D eigenvalue weighted by Gasteiger charge is 2.36. The van der Waals surface area contributed by atoms with Crippen molar-refractivity contribution in [3.8, 4) is 0 Å². The molecular formula is C18H24N2O2S. The van der Waals surface area contributed by atoms with Gasteiger partial charge in [0, 0.05) is 30.9 Å². The van der Waals surface area contributed by atoms with Gasteiger partial charge in [-0.15, -0.1) is 0 Å². The third kappa shape index (κ3) is 3.61. The molecule has 0 radical (unpaired) electrons. The molecule has 4 nitrogen and oxygen atoms in total. The normalized spacial score (nSPS) is 24.4. The van der Waals surface area contributed by atoms with Gasteiger partial charge in [0.2, 0.25) is 5.91 Å². The van der Waals surface area contributed by atoms with Gasteiger partial charge in [0.05, 0.1) is 5.69 Å². The Morgan fingerprint density at radius 2 is 2.04 bits per heavy atom. The molecule has 1 aromatic rings. The van der Waals surface area contributed by atoms with Gasteiger partial charge in [-0.05, 0) is 45.2 Å². The predicted molar refractivity (Wildman–Crippen MR) is 95.3 cm³/mol. The first-order chi connectivity index (χ1) is 11.1. The number of carbonyl (C=O) groups excluding carboxylic acids is 1. The van der Waals surface area contributed by atoms with Crippen molar-refractivity contribution in [1.82, 2.24) is 4.90 Å². The summed E-state index contributed by atoms with van der Waals surface area (Å²) >= 11 is 1.68. The Morgan fingerprint density at radius 1 is 1.30 bits per heavy atom. The van der Waals surface area contributed by atoms with E-state index in [4.69, 9.17) is 9.73 Å². The van der Waals surface area contributed by atoms with E-state index in [1.54, 1.807) is 11.8 Å². The van der Waals surface area contributed by atoms with Crippen molar-refractivity contribution >= 4 is 28.5 Å². The minimum absolute atomic E-state index is 0.0780. The van der Waals surface area contributed by atoms with Crippen LogP contribution < -0.4 is 0 Å². The van der Waals surface area contributed by atoms with Crippen molar-refractivity contribution < 1.29 is 9.53 Å². The SMILES string of the molecule is Cc1ccc(N=C2SCC(C)N2C(=O)C2CCOCC2)c(C)c1. The molecule has 2 saturated heterocycles. The van der Waals surface area contributed by atoms with E-state index < -0.39 is 0 Å². The quantitative estimate of drug-likeness (QED) is 0.829. The summed E-state index contributed by atoms with van der Waals surface area (Å²) in [6.07, 6.45) is 1.65. The first kappa shape index (κ1) is 16.5. The van der Waals surface area contributed by atoms with Crippen molar-refractivity contribution in [3.63, 3.8) is 0 Å². The zero-order chi connectivity index (χ0) is 16.4. The molecule has 1 amide bonds. The van der Waals surface area contributed by atoms with Crippen LogP contribution in [-0.4, -0.2) is 41.0 Å². The monoisotopic (exact) mass is 332 g/mol. The fourth-order valence-electron chi connectivity index (χ4n) is 3.10. The van der Waals surface area contributed by atoms with Gasteiger partial charge < -0.3 is 4.74 Å². The number of aryl methyl sites for hydroxylation is 2. The molecule has 0 bridgehead atoms. The Kier molecular flexibility index (Phi) is 5.07. The maximum Gasteiger partial charge on any atom is 0.232 e. The molecular weight excluding hydrogens is 308 g/mol. The van der Waals surface area contributed by atoms with Crippen molar-refractivity contribution in [3.05, 3.63) is 29.3 Å². The third-order valence-corrected chi connectivity index (χ3v) is 5.67. The van der Waals surface area contributed by atoms with Gasteiger partial charge >= 0.3 is 0 Å². The molecule has 2 fully saturated rings. The number of hydrogen-bond acceptors (Lipinski definition) is 4. The lowest BCUT2D eigenvalue weighted by molar-refractivity contribution is -0.135. The van der Waals surface area contributed by atoms with Gasteiger partial charge in [-0.25, -0.2) is 4.99 Å². The Hall–Kier alpha value is -1.33. The first-order valence-electron chi connectivity index (χ1n) is 8.26. The van der Waals surface area contributed by atoms with Crippen LogP contribution in [0.25, 0.3) is 0 Å². The predicted octanol–water partition coefficient (Wildman–Crippen LogP) is 3.68. The lowest BCUT2D eigenvalue weighted by atomic mass is 9.98. The van der Waals surface area contributed by atoms with Crippen LogP contribution in [0.4, 0.5) is 5.69 Å². The summed E-state index contributed by atoms with van der Waals surface area (Å²) in [5.74, 6) is 1.21. The fourth-order valence-corrected chi connectivity index (χ4v) is 4.21. The highest BCUT2D eigenvalue weighted by molar-refractivity contribution is 8.14. The molecule has 0 aromatic heterocycles.